The van der Waals surface area contributed by atoms with Crippen LogP contribution < -0.4 is 15.5 Å². The molecule has 2 aromatic rings. The van der Waals surface area contributed by atoms with Crippen LogP contribution in [0.1, 0.15) is 24.2 Å². The molecule has 0 bridgehead atoms. The maximum absolute atomic E-state index is 13.0. The minimum absolute atomic E-state index is 0.119. The summed E-state index contributed by atoms with van der Waals surface area (Å²) < 4.78 is 0. The second-order valence-electron chi connectivity index (χ2n) is 6.78. The Balaban J connectivity index is 1.74. The summed E-state index contributed by atoms with van der Waals surface area (Å²) in [5.41, 5.74) is 2.54. The van der Waals surface area contributed by atoms with Gasteiger partial charge in [0.25, 0.3) is 5.91 Å². The molecule has 0 unspecified atom stereocenters. The van der Waals surface area contributed by atoms with Gasteiger partial charge >= 0.3 is 0 Å². The van der Waals surface area contributed by atoms with Gasteiger partial charge in [-0.3, -0.25) is 14.4 Å². The molecule has 2 N–H and O–H groups in total. The van der Waals surface area contributed by atoms with E-state index in [-0.39, 0.29) is 17.7 Å². The van der Waals surface area contributed by atoms with E-state index in [9.17, 15) is 14.4 Å². The second-order valence-corrected chi connectivity index (χ2v) is 6.78. The van der Waals surface area contributed by atoms with Crippen molar-refractivity contribution in [2.75, 3.05) is 41.7 Å². The number of hydrogen-bond donors (Lipinski definition) is 2. The number of carbonyl (C=O) groups is 3. The van der Waals surface area contributed by atoms with Gasteiger partial charge in [0.15, 0.2) is 0 Å². The molecule has 28 heavy (non-hydrogen) atoms. The van der Waals surface area contributed by atoms with Gasteiger partial charge in [-0.25, -0.2) is 0 Å². The molecule has 1 aliphatic heterocycles. The molecular formula is C21H24N4O3. The Bertz CT molecular complexity index is 840. The highest BCUT2D eigenvalue weighted by atomic mass is 16.2. The Kier molecular flexibility index (Phi) is 5.93. The van der Waals surface area contributed by atoms with Crippen LogP contribution in [0.15, 0.2) is 48.5 Å². The molecular weight excluding hydrogens is 356 g/mol. The zero-order valence-electron chi connectivity index (χ0n) is 16.1. The third-order valence-electron chi connectivity index (χ3n) is 4.51. The third-order valence-corrected chi connectivity index (χ3v) is 4.51. The van der Waals surface area contributed by atoms with Crippen molar-refractivity contribution in [3.05, 3.63) is 54.1 Å². The average Bonchev–Trinajstić information content (AvgIpc) is 2.67. The molecule has 1 heterocycles. The van der Waals surface area contributed by atoms with Gasteiger partial charge < -0.3 is 20.4 Å². The zero-order valence-corrected chi connectivity index (χ0v) is 16.1. The van der Waals surface area contributed by atoms with E-state index in [2.05, 4.69) is 27.7 Å². The van der Waals surface area contributed by atoms with Gasteiger partial charge in [0, 0.05) is 62.7 Å². The van der Waals surface area contributed by atoms with Crippen LogP contribution in [0.5, 0.6) is 0 Å². The van der Waals surface area contributed by atoms with E-state index in [1.165, 1.54) is 13.8 Å². The molecule has 146 valence electrons. The molecule has 1 fully saturated rings. The molecule has 0 aliphatic carbocycles. The average molecular weight is 380 g/mol. The Hall–Kier alpha value is -3.35. The number of benzene rings is 2. The van der Waals surface area contributed by atoms with E-state index in [0.717, 1.165) is 18.8 Å². The summed E-state index contributed by atoms with van der Waals surface area (Å²) in [6.45, 7) is 5.51. The molecule has 3 rings (SSSR count). The summed E-state index contributed by atoms with van der Waals surface area (Å²) in [5, 5.41) is 5.35. The second kappa shape index (κ2) is 8.56. The number of anilines is 3. The highest BCUT2D eigenvalue weighted by molar-refractivity contribution is 6.00. The Morgan fingerprint density at radius 3 is 1.82 bits per heavy atom. The van der Waals surface area contributed by atoms with Crippen molar-refractivity contribution in [1.29, 1.82) is 0 Å². The predicted octanol–water partition coefficient (Wildman–Crippen LogP) is 2.57. The number of rotatable bonds is 4. The lowest BCUT2D eigenvalue weighted by Gasteiger charge is -2.36. The van der Waals surface area contributed by atoms with Gasteiger partial charge in [0.2, 0.25) is 11.8 Å². The van der Waals surface area contributed by atoms with Crippen LogP contribution in [0.2, 0.25) is 0 Å². The maximum Gasteiger partial charge on any atom is 0.254 e. The van der Waals surface area contributed by atoms with E-state index >= 15 is 0 Å². The molecule has 0 saturated carbocycles. The summed E-state index contributed by atoms with van der Waals surface area (Å²) in [5.74, 6) is -0.601. The number of para-hydroxylation sites is 1. The molecule has 7 heteroatoms. The van der Waals surface area contributed by atoms with Crippen LogP contribution in [-0.4, -0.2) is 48.8 Å². The first kappa shape index (κ1) is 19.4. The number of nitrogens with one attached hydrogen (secondary N) is 2. The van der Waals surface area contributed by atoms with Crippen molar-refractivity contribution in [3.8, 4) is 0 Å². The first-order chi connectivity index (χ1) is 13.4. The number of piperazine rings is 1. The zero-order chi connectivity index (χ0) is 20.1. The van der Waals surface area contributed by atoms with Gasteiger partial charge in [-0.05, 0) is 30.3 Å². The summed E-state index contributed by atoms with van der Waals surface area (Å²) in [4.78, 5) is 39.8. The van der Waals surface area contributed by atoms with Crippen LogP contribution in [0.3, 0.4) is 0 Å². The van der Waals surface area contributed by atoms with Gasteiger partial charge in [-0.15, -0.1) is 0 Å². The molecule has 0 aromatic heterocycles. The summed E-state index contributed by atoms with van der Waals surface area (Å²) in [6.07, 6.45) is 0. The van der Waals surface area contributed by atoms with Gasteiger partial charge in [0.1, 0.15) is 0 Å². The smallest absolute Gasteiger partial charge is 0.254 e. The number of nitrogens with zero attached hydrogens (tertiary/aromatic N) is 2. The standard InChI is InChI=1S/C21H24N4O3/c1-15(26)22-18-12-17(13-19(14-18)23-16(2)27)21(28)25-10-8-24(9-11-25)20-6-4-3-5-7-20/h3-7,12-14H,8-11H2,1-2H3,(H,22,26)(H,23,27). The summed E-state index contributed by atoms with van der Waals surface area (Å²) in [7, 11) is 0. The molecule has 1 saturated heterocycles. The predicted molar refractivity (Wildman–Crippen MR) is 110 cm³/mol. The van der Waals surface area contributed by atoms with Gasteiger partial charge in [-0.1, -0.05) is 18.2 Å². The van der Waals surface area contributed by atoms with Crippen molar-refractivity contribution < 1.29 is 14.4 Å². The first-order valence-corrected chi connectivity index (χ1v) is 9.22. The van der Waals surface area contributed by atoms with Crippen molar-refractivity contribution in [3.63, 3.8) is 0 Å². The van der Waals surface area contributed by atoms with Crippen molar-refractivity contribution >= 4 is 34.8 Å². The number of amides is 3. The lowest BCUT2D eigenvalue weighted by atomic mass is 10.1. The highest BCUT2D eigenvalue weighted by Gasteiger charge is 2.23. The minimum Gasteiger partial charge on any atom is -0.368 e. The van der Waals surface area contributed by atoms with E-state index in [0.29, 0.717) is 30.0 Å². The lowest BCUT2D eigenvalue weighted by Crippen LogP contribution is -2.48. The fraction of sp³-hybridized carbons (Fsp3) is 0.286. The molecule has 0 spiro atoms. The molecule has 0 radical (unpaired) electrons. The van der Waals surface area contributed by atoms with Crippen molar-refractivity contribution in [1.82, 2.24) is 4.90 Å². The Morgan fingerprint density at radius 1 is 0.786 bits per heavy atom. The first-order valence-electron chi connectivity index (χ1n) is 9.22. The van der Waals surface area contributed by atoms with Crippen LogP contribution in [0, 0.1) is 0 Å². The van der Waals surface area contributed by atoms with E-state index in [1.807, 2.05) is 18.2 Å². The molecule has 3 amide bonds. The van der Waals surface area contributed by atoms with Gasteiger partial charge in [-0.2, -0.15) is 0 Å². The summed E-state index contributed by atoms with van der Waals surface area (Å²) >= 11 is 0. The SMILES string of the molecule is CC(=O)Nc1cc(NC(C)=O)cc(C(=O)N2CCN(c3ccccc3)CC2)c1. The maximum atomic E-state index is 13.0. The van der Waals surface area contributed by atoms with Crippen molar-refractivity contribution in [2.24, 2.45) is 0 Å². The monoisotopic (exact) mass is 380 g/mol. The normalized spacial score (nSPS) is 13.8. The Labute approximate surface area is 164 Å². The van der Waals surface area contributed by atoms with Crippen LogP contribution in [-0.2, 0) is 9.59 Å². The topological polar surface area (TPSA) is 81.8 Å². The van der Waals surface area contributed by atoms with Crippen LogP contribution >= 0.6 is 0 Å². The quantitative estimate of drug-likeness (QED) is 0.854. The van der Waals surface area contributed by atoms with E-state index < -0.39 is 0 Å². The fourth-order valence-corrected chi connectivity index (χ4v) is 3.29. The van der Waals surface area contributed by atoms with Crippen molar-refractivity contribution in [2.45, 2.75) is 13.8 Å². The lowest BCUT2D eigenvalue weighted by molar-refractivity contribution is -0.115. The Morgan fingerprint density at radius 2 is 1.32 bits per heavy atom. The number of hydrogen-bond acceptors (Lipinski definition) is 4. The van der Waals surface area contributed by atoms with Gasteiger partial charge in [0.05, 0.1) is 0 Å². The highest BCUT2D eigenvalue weighted by Crippen LogP contribution is 2.22. The van der Waals surface area contributed by atoms with Crippen LogP contribution in [0.4, 0.5) is 17.1 Å². The molecule has 7 nitrogen and oxygen atoms in total. The van der Waals surface area contributed by atoms with Crippen LogP contribution in [0.25, 0.3) is 0 Å². The largest absolute Gasteiger partial charge is 0.368 e. The molecule has 2 aromatic carbocycles. The fourth-order valence-electron chi connectivity index (χ4n) is 3.29. The minimum atomic E-state index is -0.241. The van der Waals surface area contributed by atoms with E-state index in [1.54, 1.807) is 23.1 Å². The van der Waals surface area contributed by atoms with E-state index in [4.69, 9.17) is 0 Å². The summed E-state index contributed by atoms with van der Waals surface area (Å²) in [6, 6.07) is 15.0. The molecule has 0 atom stereocenters. The molecule has 1 aliphatic rings. The number of carbonyl (C=O) groups excluding carboxylic acids is 3. The third kappa shape index (κ3) is 4.88.